The molecule has 0 aliphatic carbocycles. The molecule has 0 spiro atoms. The van der Waals surface area contributed by atoms with Crippen LogP contribution in [0.1, 0.15) is 10.4 Å². The molecule has 8 heteroatoms. The molecule has 0 amide bonds. The molecule has 0 aliphatic heterocycles. The fourth-order valence-corrected chi connectivity index (χ4v) is 4.62. The van der Waals surface area contributed by atoms with E-state index >= 15 is 0 Å². The Bertz CT molecular complexity index is 1470. The highest BCUT2D eigenvalue weighted by Gasteiger charge is 2.19. The first-order chi connectivity index (χ1) is 16.1. The summed E-state index contributed by atoms with van der Waals surface area (Å²) in [7, 11) is 0. The van der Waals surface area contributed by atoms with Gasteiger partial charge in [0.05, 0.1) is 21.5 Å². The van der Waals surface area contributed by atoms with Gasteiger partial charge in [0.15, 0.2) is 16.8 Å². The molecule has 0 aliphatic rings. The number of Topliss-reactive ketones (excluding diaryl/α,β-unsaturated/α-hetero) is 1. The molecule has 3 aromatic carbocycles. The van der Waals surface area contributed by atoms with Crippen molar-refractivity contribution in [2.45, 2.75) is 5.16 Å². The smallest absolute Gasteiger partial charge is 0.196 e. The summed E-state index contributed by atoms with van der Waals surface area (Å²) < 4.78 is 1.86. The van der Waals surface area contributed by atoms with Crippen LogP contribution in [0.3, 0.4) is 0 Å². The molecule has 2 aromatic heterocycles. The monoisotopic (exact) mass is 490 g/mol. The van der Waals surface area contributed by atoms with Crippen LogP contribution in [-0.4, -0.2) is 31.3 Å². The molecular formula is C25H16Cl2N4OS. The predicted molar refractivity (Wildman–Crippen MR) is 134 cm³/mol. The van der Waals surface area contributed by atoms with Crippen molar-refractivity contribution < 1.29 is 4.79 Å². The standard InChI is InChI=1S/C25H16Cl2N4OS/c26-21-10-9-20(13-22(21)27)31-24(19-6-3-11-28-14-19)29-30-25(31)33-15-23(32)18-8-7-16-4-1-2-5-17(16)12-18/h1-14H,15H2. The Labute approximate surface area is 204 Å². The lowest BCUT2D eigenvalue weighted by Gasteiger charge is -2.11. The topological polar surface area (TPSA) is 60.7 Å². The molecule has 0 unspecified atom stereocenters. The van der Waals surface area contributed by atoms with Gasteiger partial charge in [0.1, 0.15) is 0 Å². The van der Waals surface area contributed by atoms with Crippen LogP contribution >= 0.6 is 35.0 Å². The number of halogens is 2. The molecule has 5 rings (SSSR count). The van der Waals surface area contributed by atoms with E-state index in [-0.39, 0.29) is 11.5 Å². The number of hydrogen-bond acceptors (Lipinski definition) is 5. The van der Waals surface area contributed by atoms with Crippen LogP contribution in [0.15, 0.2) is 90.3 Å². The van der Waals surface area contributed by atoms with E-state index in [0.29, 0.717) is 26.6 Å². The number of carbonyl (C=O) groups excluding carboxylic acids is 1. The van der Waals surface area contributed by atoms with E-state index in [4.69, 9.17) is 23.2 Å². The molecule has 0 saturated heterocycles. The lowest BCUT2D eigenvalue weighted by atomic mass is 10.1. The first-order valence-electron chi connectivity index (χ1n) is 10.1. The molecule has 5 aromatic rings. The number of rotatable bonds is 6. The largest absolute Gasteiger partial charge is 0.293 e. The van der Waals surface area contributed by atoms with Gasteiger partial charge in [-0.2, -0.15) is 0 Å². The third-order valence-corrected chi connectivity index (χ3v) is 6.79. The Morgan fingerprint density at radius 3 is 2.52 bits per heavy atom. The Kier molecular flexibility index (Phi) is 6.13. The highest BCUT2D eigenvalue weighted by molar-refractivity contribution is 7.99. The van der Waals surface area contributed by atoms with E-state index in [1.165, 1.54) is 11.8 Å². The van der Waals surface area contributed by atoms with Crippen LogP contribution in [0.4, 0.5) is 0 Å². The summed E-state index contributed by atoms with van der Waals surface area (Å²) in [5.74, 6) is 0.824. The number of nitrogens with zero attached hydrogens (tertiary/aromatic N) is 4. The van der Waals surface area contributed by atoms with E-state index < -0.39 is 0 Å². The molecule has 162 valence electrons. The normalized spacial score (nSPS) is 11.1. The third-order valence-electron chi connectivity index (χ3n) is 5.12. The van der Waals surface area contributed by atoms with Crippen LogP contribution in [0, 0.1) is 0 Å². The molecule has 2 heterocycles. The molecule has 33 heavy (non-hydrogen) atoms. The number of fused-ring (bicyclic) bond motifs is 1. The van der Waals surface area contributed by atoms with E-state index in [1.54, 1.807) is 24.5 Å². The minimum atomic E-state index is 0.0115. The molecular weight excluding hydrogens is 475 g/mol. The number of pyridine rings is 1. The minimum absolute atomic E-state index is 0.0115. The second kappa shape index (κ2) is 9.35. The maximum atomic E-state index is 13.0. The van der Waals surface area contributed by atoms with Gasteiger partial charge in [0.2, 0.25) is 0 Å². The van der Waals surface area contributed by atoms with Gasteiger partial charge in [0, 0.05) is 23.5 Å². The third kappa shape index (κ3) is 4.50. The van der Waals surface area contributed by atoms with Gasteiger partial charge < -0.3 is 0 Å². The highest BCUT2D eigenvalue weighted by Crippen LogP contribution is 2.31. The summed E-state index contributed by atoms with van der Waals surface area (Å²) in [6.45, 7) is 0. The van der Waals surface area contributed by atoms with Crippen LogP contribution in [-0.2, 0) is 0 Å². The lowest BCUT2D eigenvalue weighted by Crippen LogP contribution is -2.05. The van der Waals surface area contributed by atoms with Crippen molar-refractivity contribution in [3.8, 4) is 17.1 Å². The Balaban J connectivity index is 1.47. The summed E-state index contributed by atoms with van der Waals surface area (Å²) in [5, 5.41) is 12.3. The molecule has 0 atom stereocenters. The summed E-state index contributed by atoms with van der Waals surface area (Å²) in [5.41, 5.74) is 2.20. The Morgan fingerprint density at radius 2 is 1.73 bits per heavy atom. The summed E-state index contributed by atoms with van der Waals surface area (Å²) in [6, 6.07) is 22.8. The first-order valence-corrected chi connectivity index (χ1v) is 11.8. The molecule has 0 bridgehead atoms. The van der Waals surface area contributed by atoms with Crippen molar-refractivity contribution >= 4 is 51.5 Å². The van der Waals surface area contributed by atoms with E-state index in [0.717, 1.165) is 22.0 Å². The van der Waals surface area contributed by atoms with Gasteiger partial charge in [-0.15, -0.1) is 10.2 Å². The second-order valence-electron chi connectivity index (χ2n) is 7.26. The van der Waals surface area contributed by atoms with E-state index in [2.05, 4.69) is 15.2 Å². The van der Waals surface area contributed by atoms with Crippen molar-refractivity contribution in [2.24, 2.45) is 0 Å². The maximum absolute atomic E-state index is 13.0. The number of aromatic nitrogens is 4. The van der Waals surface area contributed by atoms with Crippen LogP contribution in [0.2, 0.25) is 10.0 Å². The van der Waals surface area contributed by atoms with Crippen LogP contribution in [0.25, 0.3) is 27.8 Å². The van der Waals surface area contributed by atoms with Gasteiger partial charge >= 0.3 is 0 Å². The predicted octanol–water partition coefficient (Wildman–Crippen LogP) is 6.76. The van der Waals surface area contributed by atoms with Gasteiger partial charge in [-0.05, 0) is 47.2 Å². The average molecular weight is 491 g/mol. The quantitative estimate of drug-likeness (QED) is 0.194. The number of benzene rings is 3. The summed E-state index contributed by atoms with van der Waals surface area (Å²) in [4.78, 5) is 17.1. The van der Waals surface area contributed by atoms with Crippen molar-refractivity contribution in [1.29, 1.82) is 0 Å². The van der Waals surface area contributed by atoms with Gasteiger partial charge in [-0.25, -0.2) is 0 Å². The lowest BCUT2D eigenvalue weighted by molar-refractivity contribution is 0.102. The SMILES string of the molecule is O=C(CSc1nnc(-c2cccnc2)n1-c1ccc(Cl)c(Cl)c1)c1ccc2ccccc2c1. The zero-order valence-electron chi connectivity index (χ0n) is 17.2. The molecule has 5 nitrogen and oxygen atoms in total. The van der Waals surface area contributed by atoms with Crippen molar-refractivity contribution in [3.63, 3.8) is 0 Å². The number of thioether (sulfide) groups is 1. The molecule has 0 fully saturated rings. The zero-order valence-corrected chi connectivity index (χ0v) is 19.5. The average Bonchev–Trinajstić information content (AvgIpc) is 3.28. The Hall–Kier alpha value is -3.19. The van der Waals surface area contributed by atoms with Crippen molar-refractivity contribution in [1.82, 2.24) is 19.7 Å². The van der Waals surface area contributed by atoms with Crippen LogP contribution < -0.4 is 0 Å². The zero-order chi connectivity index (χ0) is 22.8. The molecule has 0 saturated carbocycles. The minimum Gasteiger partial charge on any atom is -0.293 e. The summed E-state index contributed by atoms with van der Waals surface area (Å²) >= 11 is 13.7. The van der Waals surface area contributed by atoms with Gasteiger partial charge in [0.25, 0.3) is 0 Å². The molecule has 0 N–H and O–H groups in total. The number of carbonyl (C=O) groups is 1. The van der Waals surface area contributed by atoms with Crippen LogP contribution in [0.5, 0.6) is 0 Å². The van der Waals surface area contributed by atoms with E-state index in [1.807, 2.05) is 65.2 Å². The van der Waals surface area contributed by atoms with Crippen molar-refractivity contribution in [2.75, 3.05) is 5.75 Å². The maximum Gasteiger partial charge on any atom is 0.196 e. The second-order valence-corrected chi connectivity index (χ2v) is 9.01. The number of ketones is 1. The van der Waals surface area contributed by atoms with Gasteiger partial charge in [-0.3, -0.25) is 14.3 Å². The van der Waals surface area contributed by atoms with Crippen molar-refractivity contribution in [3.05, 3.63) is 101 Å². The number of hydrogen-bond donors (Lipinski definition) is 0. The first kappa shape index (κ1) is 21.6. The molecule has 0 radical (unpaired) electrons. The van der Waals surface area contributed by atoms with E-state index in [9.17, 15) is 4.79 Å². The summed E-state index contributed by atoms with van der Waals surface area (Å²) in [6.07, 6.45) is 3.41. The highest BCUT2D eigenvalue weighted by atomic mass is 35.5. The fourth-order valence-electron chi connectivity index (χ4n) is 3.48. The van der Waals surface area contributed by atoms with Gasteiger partial charge in [-0.1, -0.05) is 71.4 Å². The Morgan fingerprint density at radius 1 is 0.879 bits per heavy atom. The fraction of sp³-hybridized carbons (Fsp3) is 0.0400.